The Morgan fingerprint density at radius 3 is 2.20 bits per heavy atom. The Kier molecular flexibility index (Phi) is 4.99. The van der Waals surface area contributed by atoms with Crippen LogP contribution in [0.3, 0.4) is 0 Å². The number of alkyl halides is 1. The van der Waals surface area contributed by atoms with Crippen molar-refractivity contribution in [2.75, 3.05) is 18.2 Å². The molecular formula is C7H16BrOS+. The van der Waals surface area contributed by atoms with Crippen molar-refractivity contribution in [1.82, 2.24) is 0 Å². The Balaban J connectivity index is 3.52. The van der Waals surface area contributed by atoms with Crippen molar-refractivity contribution in [2.24, 2.45) is 0 Å². The van der Waals surface area contributed by atoms with E-state index in [0.717, 1.165) is 11.9 Å². The zero-order chi connectivity index (χ0) is 8.20. The summed E-state index contributed by atoms with van der Waals surface area (Å²) >= 11 is 3.41. The third-order valence-electron chi connectivity index (χ3n) is 1.20. The fraction of sp³-hybridized carbons (Fsp3) is 1.00. The van der Waals surface area contributed by atoms with Crippen LogP contribution in [0.25, 0.3) is 0 Å². The molecule has 1 nitrogen and oxygen atoms in total. The lowest BCUT2D eigenvalue weighted by Gasteiger charge is -2.14. The molecule has 0 aliphatic carbocycles. The van der Waals surface area contributed by atoms with Crippen LogP contribution in [-0.2, 0) is 15.4 Å². The molecule has 10 heavy (non-hydrogen) atoms. The first kappa shape index (κ1) is 10.8. The number of halogens is 1. The molecule has 0 saturated carbocycles. The van der Waals surface area contributed by atoms with Gasteiger partial charge in [-0.2, -0.15) is 4.18 Å². The molecule has 1 atom stereocenters. The van der Waals surface area contributed by atoms with Gasteiger partial charge in [-0.25, -0.2) is 0 Å². The number of hydrogen-bond donors (Lipinski definition) is 0. The highest BCUT2D eigenvalue weighted by Gasteiger charge is 2.31. The largest absolute Gasteiger partial charge is 0.173 e. The van der Waals surface area contributed by atoms with Crippen molar-refractivity contribution in [1.29, 1.82) is 0 Å². The lowest BCUT2D eigenvalue weighted by molar-refractivity contribution is 0.384. The molecule has 0 radical (unpaired) electrons. The molecule has 0 aromatic rings. The van der Waals surface area contributed by atoms with Crippen LogP contribution < -0.4 is 0 Å². The third-order valence-corrected chi connectivity index (χ3v) is 3.77. The molecule has 0 aromatic heterocycles. The van der Waals surface area contributed by atoms with E-state index in [9.17, 15) is 0 Å². The second-order valence-electron chi connectivity index (χ2n) is 3.08. The van der Waals surface area contributed by atoms with E-state index in [4.69, 9.17) is 4.18 Å². The molecule has 0 aromatic carbocycles. The highest BCUT2D eigenvalue weighted by atomic mass is 79.9. The average Bonchev–Trinajstić information content (AvgIpc) is 1.80. The molecule has 0 N–H and O–H groups in total. The first-order valence-corrected chi connectivity index (χ1v) is 6.01. The monoisotopic (exact) mass is 227 g/mol. The summed E-state index contributed by atoms with van der Waals surface area (Å²) < 4.78 is 5.83. The SMILES string of the molecule is C[S+](OCCBr)C(C)(C)C. The molecule has 0 fully saturated rings. The smallest absolute Gasteiger partial charge is 0.152 e. The maximum atomic E-state index is 5.54. The topological polar surface area (TPSA) is 9.23 Å². The maximum absolute atomic E-state index is 5.54. The van der Waals surface area contributed by atoms with E-state index in [1.165, 1.54) is 0 Å². The molecule has 0 bridgehead atoms. The predicted octanol–water partition coefficient (Wildman–Crippen LogP) is 2.36. The molecule has 3 heteroatoms. The Morgan fingerprint density at radius 1 is 1.40 bits per heavy atom. The summed E-state index contributed by atoms with van der Waals surface area (Å²) in [5, 5.41) is 0.931. The van der Waals surface area contributed by atoms with Crippen molar-refractivity contribution in [3.05, 3.63) is 0 Å². The maximum Gasteiger partial charge on any atom is 0.152 e. The van der Waals surface area contributed by atoms with E-state index in [2.05, 4.69) is 43.0 Å². The fourth-order valence-electron chi connectivity index (χ4n) is 0.333. The molecule has 0 saturated heterocycles. The van der Waals surface area contributed by atoms with Gasteiger partial charge in [0.25, 0.3) is 0 Å². The molecule has 62 valence electrons. The molecule has 1 unspecified atom stereocenters. The summed E-state index contributed by atoms with van der Waals surface area (Å²) in [5.41, 5.74) is 0. The van der Waals surface area contributed by atoms with Gasteiger partial charge in [-0.05, 0) is 20.8 Å². The molecule has 0 rings (SSSR count). The predicted molar refractivity (Wildman–Crippen MR) is 52.8 cm³/mol. The van der Waals surface area contributed by atoms with Gasteiger partial charge in [-0.15, -0.1) is 0 Å². The zero-order valence-corrected chi connectivity index (χ0v) is 9.51. The second kappa shape index (κ2) is 4.62. The summed E-state index contributed by atoms with van der Waals surface area (Å²) in [4.78, 5) is 0. The minimum absolute atomic E-state index is 0.0828. The Morgan fingerprint density at radius 2 is 1.90 bits per heavy atom. The summed E-state index contributed by atoms with van der Waals surface area (Å²) in [6.07, 6.45) is 2.14. The Hall–Kier alpha value is 0.790. The van der Waals surface area contributed by atoms with Crippen molar-refractivity contribution in [3.63, 3.8) is 0 Å². The van der Waals surface area contributed by atoms with E-state index >= 15 is 0 Å². The van der Waals surface area contributed by atoms with Crippen LogP contribution in [0.5, 0.6) is 0 Å². The van der Waals surface area contributed by atoms with Gasteiger partial charge in [0.1, 0.15) is 24.0 Å². The summed E-state index contributed by atoms with van der Waals surface area (Å²) in [7, 11) is 0. The quantitative estimate of drug-likeness (QED) is 0.532. The molecule has 0 aliphatic rings. The third kappa shape index (κ3) is 4.58. The Bertz CT molecular complexity index is 90.1. The van der Waals surface area contributed by atoms with Gasteiger partial charge in [0.05, 0.1) is 0 Å². The minimum atomic E-state index is 0.0828. The fourth-order valence-corrected chi connectivity index (χ4v) is 1.40. The van der Waals surface area contributed by atoms with E-state index in [0.29, 0.717) is 4.75 Å². The van der Waals surface area contributed by atoms with Gasteiger partial charge in [0.15, 0.2) is 4.75 Å². The first-order chi connectivity index (χ1) is 4.48. The van der Waals surface area contributed by atoms with E-state index in [1.54, 1.807) is 0 Å². The van der Waals surface area contributed by atoms with Crippen molar-refractivity contribution in [2.45, 2.75) is 25.5 Å². The Labute approximate surface area is 75.2 Å². The summed E-state index contributed by atoms with van der Waals surface area (Å²) in [6, 6.07) is 0. The van der Waals surface area contributed by atoms with Crippen LogP contribution in [0.1, 0.15) is 20.8 Å². The van der Waals surface area contributed by atoms with Crippen LogP contribution in [0, 0.1) is 0 Å². The standard InChI is InChI=1S/C7H16BrOS/c1-7(2,3)10(4)9-6-5-8/h5-6H2,1-4H3/q+1. The van der Waals surface area contributed by atoms with Crippen molar-refractivity contribution < 1.29 is 4.18 Å². The van der Waals surface area contributed by atoms with Crippen LogP contribution in [0.4, 0.5) is 0 Å². The van der Waals surface area contributed by atoms with Crippen LogP contribution in [0.15, 0.2) is 0 Å². The highest BCUT2D eigenvalue weighted by molar-refractivity contribution is 9.09. The second-order valence-corrected chi connectivity index (χ2v) is 6.24. The van der Waals surface area contributed by atoms with Gasteiger partial charge >= 0.3 is 0 Å². The van der Waals surface area contributed by atoms with E-state index < -0.39 is 0 Å². The van der Waals surface area contributed by atoms with Gasteiger partial charge in [0.2, 0.25) is 0 Å². The van der Waals surface area contributed by atoms with Crippen molar-refractivity contribution >= 4 is 27.1 Å². The van der Waals surface area contributed by atoms with Crippen LogP contribution in [-0.4, -0.2) is 22.9 Å². The molecule has 0 aliphatic heterocycles. The van der Waals surface area contributed by atoms with Crippen molar-refractivity contribution in [3.8, 4) is 0 Å². The van der Waals surface area contributed by atoms with Gasteiger partial charge in [-0.3, -0.25) is 0 Å². The lowest BCUT2D eigenvalue weighted by Crippen LogP contribution is -2.29. The van der Waals surface area contributed by atoms with E-state index in [1.807, 2.05) is 0 Å². The molecule has 0 amide bonds. The highest BCUT2D eigenvalue weighted by Crippen LogP contribution is 2.17. The first-order valence-electron chi connectivity index (χ1n) is 3.33. The van der Waals surface area contributed by atoms with E-state index in [-0.39, 0.29) is 11.2 Å². The average molecular weight is 228 g/mol. The molecule has 0 heterocycles. The van der Waals surface area contributed by atoms with Gasteiger partial charge < -0.3 is 0 Å². The molecule has 0 spiro atoms. The molecular weight excluding hydrogens is 212 g/mol. The summed E-state index contributed by atoms with van der Waals surface area (Å²) in [6.45, 7) is 7.41. The van der Waals surface area contributed by atoms with Gasteiger partial charge in [0, 0.05) is 5.33 Å². The minimum Gasteiger partial charge on any atom is -0.173 e. The van der Waals surface area contributed by atoms with Crippen LogP contribution in [0.2, 0.25) is 0 Å². The zero-order valence-electron chi connectivity index (χ0n) is 7.11. The summed E-state index contributed by atoms with van der Waals surface area (Å²) in [5.74, 6) is 0. The normalized spacial score (nSPS) is 15.3. The van der Waals surface area contributed by atoms with Gasteiger partial charge in [-0.1, -0.05) is 15.9 Å². The number of hydrogen-bond acceptors (Lipinski definition) is 1. The number of rotatable bonds is 3. The lowest BCUT2D eigenvalue weighted by atomic mass is 10.3. The van der Waals surface area contributed by atoms with Crippen LogP contribution >= 0.6 is 15.9 Å².